The van der Waals surface area contributed by atoms with Crippen molar-refractivity contribution in [1.29, 1.82) is 0 Å². The molecule has 0 aliphatic rings. The van der Waals surface area contributed by atoms with Crippen LogP contribution in [-0.4, -0.2) is 26.9 Å². The zero-order chi connectivity index (χ0) is 18.0. The molecule has 0 aliphatic heterocycles. The molecule has 1 heterocycles. The quantitative estimate of drug-likeness (QED) is 0.803. The fourth-order valence-corrected chi connectivity index (χ4v) is 2.97. The minimum absolute atomic E-state index is 0.131. The second-order valence-corrected chi connectivity index (χ2v) is 6.13. The maximum atomic E-state index is 13.7. The molecular weight excluding hydrogens is 345 g/mol. The second-order valence-electron chi connectivity index (χ2n) is 5.05. The zero-order valence-electron chi connectivity index (χ0n) is 12.6. The maximum Gasteiger partial charge on any atom is 0.303 e. The smallest absolute Gasteiger partial charge is 0.303 e. The summed E-state index contributed by atoms with van der Waals surface area (Å²) in [5.74, 6) is -5.16. The number of carboxylic acids is 1. The Balaban J connectivity index is 2.30. The summed E-state index contributed by atoms with van der Waals surface area (Å²) in [7, 11) is 0. The first-order valence-electron chi connectivity index (χ1n) is 6.81. The van der Waals surface area contributed by atoms with E-state index in [0.29, 0.717) is 11.8 Å². The summed E-state index contributed by atoms with van der Waals surface area (Å²) in [5.41, 5.74) is -0.107. The van der Waals surface area contributed by atoms with E-state index in [1.165, 1.54) is 11.8 Å². The normalized spacial score (nSPS) is 10.8. The number of carbonyl (C=O) groups is 2. The Hall–Kier alpha value is -2.42. The van der Waals surface area contributed by atoms with E-state index in [4.69, 9.17) is 5.11 Å². The van der Waals surface area contributed by atoms with Gasteiger partial charge in [0.1, 0.15) is 16.3 Å². The highest BCUT2D eigenvalue weighted by Crippen LogP contribution is 2.30. The van der Waals surface area contributed by atoms with Crippen molar-refractivity contribution in [3.8, 4) is 0 Å². The van der Waals surface area contributed by atoms with Gasteiger partial charge in [-0.3, -0.25) is 9.59 Å². The Bertz CT molecular complexity index is 835. The summed E-state index contributed by atoms with van der Waals surface area (Å²) in [6.45, 7) is 5.03. The minimum atomic E-state index is -1.34. The molecule has 0 saturated heterocycles. The van der Waals surface area contributed by atoms with Crippen molar-refractivity contribution < 1.29 is 27.9 Å². The first-order valence-corrected chi connectivity index (χ1v) is 7.63. The summed E-state index contributed by atoms with van der Waals surface area (Å²) in [4.78, 5) is 27.6. The number of allylic oxidation sites excluding steroid dienone is 1. The molecule has 24 heavy (non-hydrogen) atoms. The van der Waals surface area contributed by atoms with Gasteiger partial charge in [0.05, 0.1) is 17.7 Å². The fraction of sp³-hybridized carbons (Fsp3) is 0.267. The van der Waals surface area contributed by atoms with Crippen LogP contribution in [0.5, 0.6) is 0 Å². The number of carbonyl (C=O) groups excluding carboxylic acids is 1. The number of amides is 1. The van der Waals surface area contributed by atoms with E-state index in [1.807, 2.05) is 0 Å². The van der Waals surface area contributed by atoms with Gasteiger partial charge in [-0.15, -0.1) is 11.3 Å². The van der Waals surface area contributed by atoms with Crippen LogP contribution in [-0.2, 0) is 16.1 Å². The topological polar surface area (TPSA) is 70.5 Å². The van der Waals surface area contributed by atoms with Crippen LogP contribution in [0.25, 0.3) is 10.2 Å². The van der Waals surface area contributed by atoms with Crippen LogP contribution in [0.1, 0.15) is 24.8 Å². The fourth-order valence-electron chi connectivity index (χ4n) is 2.02. The molecule has 0 bridgehead atoms. The Morgan fingerprint density at radius 2 is 1.96 bits per heavy atom. The molecule has 5 nitrogen and oxygen atoms in total. The number of nitrogens with zero attached hydrogens (tertiary/aromatic N) is 2. The third kappa shape index (κ3) is 3.73. The van der Waals surface area contributed by atoms with Gasteiger partial charge in [0.2, 0.25) is 5.91 Å². The monoisotopic (exact) mass is 358 g/mol. The number of aromatic nitrogens is 1. The first-order chi connectivity index (χ1) is 11.2. The molecule has 0 saturated carbocycles. The lowest BCUT2D eigenvalue weighted by atomic mass is 10.2. The molecule has 0 radical (unpaired) electrons. The summed E-state index contributed by atoms with van der Waals surface area (Å²) < 4.78 is 40.5. The van der Waals surface area contributed by atoms with Crippen LogP contribution < -0.4 is 0 Å². The van der Waals surface area contributed by atoms with Crippen molar-refractivity contribution in [2.24, 2.45) is 0 Å². The third-order valence-electron chi connectivity index (χ3n) is 3.17. The molecule has 9 heteroatoms. The molecule has 1 amide bonds. The predicted octanol–water partition coefficient (Wildman–Crippen LogP) is 3.44. The van der Waals surface area contributed by atoms with Gasteiger partial charge in [-0.1, -0.05) is 6.58 Å². The van der Waals surface area contributed by atoms with Crippen LogP contribution in [0.3, 0.4) is 0 Å². The lowest BCUT2D eigenvalue weighted by molar-refractivity contribution is -0.140. The van der Waals surface area contributed by atoms with Crippen molar-refractivity contribution in [2.75, 3.05) is 0 Å². The van der Waals surface area contributed by atoms with Crippen LogP contribution in [0.2, 0.25) is 0 Å². The number of fused-ring (bicyclic) bond motifs is 1. The molecule has 0 fully saturated rings. The number of carboxylic acid groups (broad SMARTS) is 1. The number of hydrogen-bond donors (Lipinski definition) is 1. The van der Waals surface area contributed by atoms with E-state index in [-0.39, 0.29) is 29.1 Å². The van der Waals surface area contributed by atoms with E-state index in [2.05, 4.69) is 11.6 Å². The van der Waals surface area contributed by atoms with E-state index in [0.717, 1.165) is 11.3 Å². The maximum absolute atomic E-state index is 13.7. The zero-order valence-corrected chi connectivity index (χ0v) is 13.4. The van der Waals surface area contributed by atoms with Gasteiger partial charge in [-0.2, -0.15) is 0 Å². The SMILES string of the molecule is C=C(C)N(Cc1nc2c(F)c(F)cc(F)c2s1)C(=O)CCC(=O)O. The molecule has 1 aromatic heterocycles. The van der Waals surface area contributed by atoms with Gasteiger partial charge < -0.3 is 10.0 Å². The Morgan fingerprint density at radius 1 is 1.29 bits per heavy atom. The van der Waals surface area contributed by atoms with E-state index >= 15 is 0 Å². The highest BCUT2D eigenvalue weighted by atomic mass is 32.1. The van der Waals surface area contributed by atoms with Crippen LogP contribution in [0.15, 0.2) is 18.3 Å². The lowest BCUT2D eigenvalue weighted by Crippen LogP contribution is -2.28. The van der Waals surface area contributed by atoms with Gasteiger partial charge in [0.15, 0.2) is 11.6 Å². The lowest BCUT2D eigenvalue weighted by Gasteiger charge is -2.21. The van der Waals surface area contributed by atoms with E-state index < -0.39 is 34.8 Å². The first kappa shape index (κ1) is 17.9. The van der Waals surface area contributed by atoms with E-state index in [1.54, 1.807) is 0 Å². The molecular formula is C15H13F3N2O3S. The van der Waals surface area contributed by atoms with Gasteiger partial charge in [-0.05, 0) is 6.92 Å². The molecule has 1 N–H and O–H groups in total. The highest BCUT2D eigenvalue weighted by molar-refractivity contribution is 7.18. The number of thiazole rings is 1. The minimum Gasteiger partial charge on any atom is -0.481 e. The summed E-state index contributed by atoms with van der Waals surface area (Å²) >= 11 is 0.790. The van der Waals surface area contributed by atoms with Gasteiger partial charge in [0, 0.05) is 18.2 Å². The van der Waals surface area contributed by atoms with Gasteiger partial charge >= 0.3 is 5.97 Å². The van der Waals surface area contributed by atoms with Crippen molar-refractivity contribution in [3.63, 3.8) is 0 Å². The largest absolute Gasteiger partial charge is 0.481 e. The Labute approximate surface area is 139 Å². The summed E-state index contributed by atoms with van der Waals surface area (Å²) in [6.07, 6.45) is -0.596. The van der Waals surface area contributed by atoms with Crippen LogP contribution in [0, 0.1) is 17.5 Å². The Kier molecular flexibility index (Phi) is 5.23. The number of rotatable bonds is 6. The number of aliphatic carboxylic acids is 1. The van der Waals surface area contributed by atoms with Crippen LogP contribution >= 0.6 is 11.3 Å². The van der Waals surface area contributed by atoms with Crippen molar-refractivity contribution in [3.05, 3.63) is 40.8 Å². The highest BCUT2D eigenvalue weighted by Gasteiger charge is 2.21. The van der Waals surface area contributed by atoms with Gasteiger partial charge in [-0.25, -0.2) is 18.2 Å². The summed E-state index contributed by atoms with van der Waals surface area (Å²) in [5, 5.41) is 8.81. The van der Waals surface area contributed by atoms with Crippen molar-refractivity contribution in [1.82, 2.24) is 9.88 Å². The average Bonchev–Trinajstić information content (AvgIpc) is 2.92. The van der Waals surface area contributed by atoms with Crippen LogP contribution in [0.4, 0.5) is 13.2 Å². The third-order valence-corrected chi connectivity index (χ3v) is 4.22. The molecule has 0 spiro atoms. The van der Waals surface area contributed by atoms with E-state index in [9.17, 15) is 22.8 Å². The van der Waals surface area contributed by atoms with Crippen molar-refractivity contribution in [2.45, 2.75) is 26.3 Å². The Morgan fingerprint density at radius 3 is 2.54 bits per heavy atom. The molecule has 2 aromatic rings. The standard InChI is InChI=1S/C15H13F3N2O3S/c1-7(2)20(11(21)3-4-12(22)23)6-10-19-14-13(18)8(16)5-9(17)15(14)24-10/h5H,1,3-4,6H2,2H3,(H,22,23). The molecule has 0 aliphatic carbocycles. The molecule has 128 valence electrons. The number of halogens is 3. The molecule has 0 atom stereocenters. The second kappa shape index (κ2) is 7.00. The molecule has 2 rings (SSSR count). The predicted molar refractivity (Wildman–Crippen MR) is 81.7 cm³/mol. The number of hydrogen-bond acceptors (Lipinski definition) is 4. The molecule has 1 aromatic carbocycles. The molecule has 0 unspecified atom stereocenters. The van der Waals surface area contributed by atoms with Crippen molar-refractivity contribution >= 4 is 33.4 Å². The average molecular weight is 358 g/mol. The summed E-state index contributed by atoms with van der Waals surface area (Å²) in [6, 6.07) is 0.439. The van der Waals surface area contributed by atoms with Gasteiger partial charge in [0.25, 0.3) is 0 Å². The number of benzene rings is 1.